The van der Waals surface area contributed by atoms with Crippen LogP contribution in [-0.2, 0) is 17.9 Å². The Kier molecular flexibility index (Phi) is 7.55. The van der Waals surface area contributed by atoms with Gasteiger partial charge in [0.2, 0.25) is 0 Å². The number of anilines is 1. The molecule has 0 atom stereocenters. The van der Waals surface area contributed by atoms with Crippen LogP contribution in [0.1, 0.15) is 28.4 Å². The van der Waals surface area contributed by atoms with E-state index in [1.807, 2.05) is 0 Å². The van der Waals surface area contributed by atoms with Gasteiger partial charge in [0.25, 0.3) is 0 Å². The number of rotatable bonds is 8. The fraction of sp³-hybridized carbons (Fsp3) is 0.174. The molecule has 30 heavy (non-hydrogen) atoms. The zero-order chi connectivity index (χ0) is 21.5. The molecule has 0 heterocycles. The summed E-state index contributed by atoms with van der Waals surface area (Å²) in [7, 11) is 0. The van der Waals surface area contributed by atoms with Crippen LogP contribution in [0.3, 0.4) is 0 Å². The molecule has 0 aromatic heterocycles. The SMILES string of the molecule is CCOC(=O)c1ccc(NCc2cc(Cl)ccc2OCc2c(F)cccc2Cl)cc1. The van der Waals surface area contributed by atoms with Crippen molar-refractivity contribution >= 4 is 34.9 Å². The minimum atomic E-state index is -0.419. The van der Waals surface area contributed by atoms with Gasteiger partial charge in [-0.2, -0.15) is 0 Å². The van der Waals surface area contributed by atoms with Gasteiger partial charge in [-0.05, 0) is 61.5 Å². The van der Waals surface area contributed by atoms with Gasteiger partial charge in [-0.1, -0.05) is 29.3 Å². The van der Waals surface area contributed by atoms with E-state index in [2.05, 4.69) is 5.32 Å². The van der Waals surface area contributed by atoms with E-state index in [0.717, 1.165) is 11.3 Å². The third-order valence-electron chi connectivity index (χ3n) is 4.34. The first kappa shape index (κ1) is 21.9. The molecule has 3 aromatic rings. The van der Waals surface area contributed by atoms with Gasteiger partial charge in [-0.3, -0.25) is 0 Å². The summed E-state index contributed by atoms with van der Waals surface area (Å²) in [5.74, 6) is -0.214. The summed E-state index contributed by atoms with van der Waals surface area (Å²) in [6.07, 6.45) is 0. The van der Waals surface area contributed by atoms with Crippen LogP contribution in [-0.4, -0.2) is 12.6 Å². The van der Waals surface area contributed by atoms with Crippen molar-refractivity contribution in [2.75, 3.05) is 11.9 Å². The van der Waals surface area contributed by atoms with Gasteiger partial charge >= 0.3 is 5.97 Å². The van der Waals surface area contributed by atoms with Crippen molar-refractivity contribution in [3.05, 3.63) is 93.2 Å². The van der Waals surface area contributed by atoms with E-state index in [4.69, 9.17) is 32.7 Å². The number of ether oxygens (including phenoxy) is 2. The predicted octanol–water partition coefficient (Wildman–Crippen LogP) is 6.50. The van der Waals surface area contributed by atoms with Gasteiger partial charge in [0, 0.05) is 28.4 Å². The zero-order valence-corrected chi connectivity index (χ0v) is 17.8. The molecule has 0 amide bonds. The van der Waals surface area contributed by atoms with Crippen molar-refractivity contribution in [3.8, 4) is 5.75 Å². The third kappa shape index (κ3) is 5.65. The number of carbonyl (C=O) groups excluding carboxylic acids is 1. The Morgan fingerprint density at radius 3 is 2.53 bits per heavy atom. The average Bonchev–Trinajstić information content (AvgIpc) is 2.73. The molecule has 4 nitrogen and oxygen atoms in total. The Bertz CT molecular complexity index is 1010. The van der Waals surface area contributed by atoms with Crippen LogP contribution in [0.4, 0.5) is 10.1 Å². The van der Waals surface area contributed by atoms with Gasteiger partial charge in [0.1, 0.15) is 18.2 Å². The quantitative estimate of drug-likeness (QED) is 0.400. The van der Waals surface area contributed by atoms with Crippen LogP contribution in [0, 0.1) is 5.82 Å². The van der Waals surface area contributed by atoms with E-state index in [1.165, 1.54) is 6.07 Å². The Labute approximate surface area is 184 Å². The molecular formula is C23H20Cl2FNO3. The zero-order valence-electron chi connectivity index (χ0n) is 16.3. The standard InChI is InChI=1S/C23H20Cl2FNO3/c1-2-29-23(28)15-6-9-18(10-7-15)27-13-16-12-17(24)8-11-22(16)30-14-19-20(25)4-3-5-21(19)26/h3-12,27H,2,13-14H2,1H3. The molecule has 0 fully saturated rings. The summed E-state index contributed by atoms with van der Waals surface area (Å²) in [6.45, 7) is 2.50. The molecule has 0 aliphatic heterocycles. The van der Waals surface area contributed by atoms with E-state index >= 15 is 0 Å². The highest BCUT2D eigenvalue weighted by molar-refractivity contribution is 6.31. The van der Waals surface area contributed by atoms with Crippen LogP contribution in [0.5, 0.6) is 5.75 Å². The van der Waals surface area contributed by atoms with E-state index < -0.39 is 5.82 Å². The van der Waals surface area contributed by atoms with Crippen LogP contribution < -0.4 is 10.1 Å². The van der Waals surface area contributed by atoms with E-state index in [-0.39, 0.29) is 12.6 Å². The smallest absolute Gasteiger partial charge is 0.338 e. The first-order valence-electron chi connectivity index (χ1n) is 9.33. The summed E-state index contributed by atoms with van der Waals surface area (Å²) in [5.41, 5.74) is 2.38. The fourth-order valence-electron chi connectivity index (χ4n) is 2.78. The summed E-state index contributed by atoms with van der Waals surface area (Å²) >= 11 is 12.2. The van der Waals surface area contributed by atoms with Gasteiger partial charge in [-0.15, -0.1) is 0 Å². The number of hydrogen-bond acceptors (Lipinski definition) is 4. The second-order valence-corrected chi connectivity index (χ2v) is 7.24. The van der Waals surface area contributed by atoms with Crippen LogP contribution in [0.25, 0.3) is 0 Å². The Hall–Kier alpha value is -2.76. The minimum Gasteiger partial charge on any atom is -0.488 e. The van der Waals surface area contributed by atoms with Crippen LogP contribution in [0.15, 0.2) is 60.7 Å². The number of esters is 1. The summed E-state index contributed by atoms with van der Waals surface area (Å²) in [5, 5.41) is 4.12. The van der Waals surface area contributed by atoms with E-state index in [1.54, 1.807) is 61.5 Å². The summed E-state index contributed by atoms with van der Waals surface area (Å²) in [6, 6.07) is 16.7. The summed E-state index contributed by atoms with van der Waals surface area (Å²) in [4.78, 5) is 11.7. The van der Waals surface area contributed by atoms with Gasteiger partial charge in [0.15, 0.2) is 0 Å². The van der Waals surface area contributed by atoms with Crippen molar-refractivity contribution in [1.29, 1.82) is 0 Å². The lowest BCUT2D eigenvalue weighted by molar-refractivity contribution is 0.0526. The number of nitrogens with one attached hydrogen (secondary N) is 1. The van der Waals surface area contributed by atoms with Crippen molar-refractivity contribution in [2.24, 2.45) is 0 Å². The number of halogens is 3. The Balaban J connectivity index is 1.69. The first-order chi connectivity index (χ1) is 14.5. The molecular weight excluding hydrogens is 428 g/mol. The van der Waals surface area contributed by atoms with Gasteiger partial charge in [-0.25, -0.2) is 9.18 Å². The lowest BCUT2D eigenvalue weighted by atomic mass is 10.1. The molecule has 0 saturated heterocycles. The first-order valence-corrected chi connectivity index (χ1v) is 10.1. The molecule has 156 valence electrons. The summed E-state index contributed by atoms with van der Waals surface area (Å²) < 4.78 is 24.8. The molecule has 0 spiro atoms. The van der Waals surface area contributed by atoms with Crippen molar-refractivity contribution in [2.45, 2.75) is 20.1 Å². The lowest BCUT2D eigenvalue weighted by Crippen LogP contribution is -2.06. The molecule has 3 rings (SSSR count). The van der Waals surface area contributed by atoms with Crippen LogP contribution >= 0.6 is 23.2 Å². The topological polar surface area (TPSA) is 47.6 Å². The molecule has 1 N–H and O–H groups in total. The van der Waals surface area contributed by atoms with E-state index in [9.17, 15) is 9.18 Å². The molecule has 7 heteroatoms. The predicted molar refractivity (Wildman–Crippen MR) is 117 cm³/mol. The number of carbonyl (C=O) groups is 1. The maximum atomic E-state index is 14.0. The normalized spacial score (nSPS) is 10.5. The number of hydrogen-bond donors (Lipinski definition) is 1. The van der Waals surface area contributed by atoms with Crippen LogP contribution in [0.2, 0.25) is 10.0 Å². The highest BCUT2D eigenvalue weighted by Crippen LogP contribution is 2.27. The molecule has 0 saturated carbocycles. The third-order valence-corrected chi connectivity index (χ3v) is 4.92. The maximum absolute atomic E-state index is 14.0. The molecule has 0 aliphatic rings. The molecule has 0 unspecified atom stereocenters. The second kappa shape index (κ2) is 10.3. The molecule has 0 bridgehead atoms. The van der Waals surface area contributed by atoms with Crippen molar-refractivity contribution in [3.63, 3.8) is 0 Å². The average molecular weight is 448 g/mol. The highest BCUT2D eigenvalue weighted by atomic mass is 35.5. The largest absolute Gasteiger partial charge is 0.488 e. The number of benzene rings is 3. The fourth-order valence-corrected chi connectivity index (χ4v) is 3.20. The Morgan fingerprint density at radius 2 is 1.83 bits per heavy atom. The second-order valence-electron chi connectivity index (χ2n) is 6.39. The van der Waals surface area contributed by atoms with Gasteiger partial charge in [0.05, 0.1) is 17.2 Å². The molecule has 0 radical (unpaired) electrons. The highest BCUT2D eigenvalue weighted by Gasteiger charge is 2.11. The lowest BCUT2D eigenvalue weighted by Gasteiger charge is -2.14. The Morgan fingerprint density at radius 1 is 1.07 bits per heavy atom. The van der Waals surface area contributed by atoms with Crippen molar-refractivity contribution < 1.29 is 18.7 Å². The van der Waals surface area contributed by atoms with Crippen molar-refractivity contribution in [1.82, 2.24) is 0 Å². The maximum Gasteiger partial charge on any atom is 0.338 e. The van der Waals surface area contributed by atoms with E-state index in [0.29, 0.717) is 40.1 Å². The van der Waals surface area contributed by atoms with Gasteiger partial charge < -0.3 is 14.8 Å². The molecule has 3 aromatic carbocycles. The minimum absolute atomic E-state index is 0.00558. The molecule has 0 aliphatic carbocycles. The monoisotopic (exact) mass is 447 g/mol.